The SMILES string of the molecule is CC(C)C[C@H](C)C(=S)C(C)(C)C. The average Bonchev–Trinajstić information content (AvgIpc) is 1.82. The molecule has 0 aromatic carbocycles. The number of thiocarbonyl (C=S) groups is 1. The van der Waals surface area contributed by atoms with E-state index in [1.54, 1.807) is 0 Å². The second-order valence-corrected chi connectivity index (χ2v) is 5.58. The van der Waals surface area contributed by atoms with Crippen molar-refractivity contribution in [1.82, 2.24) is 0 Å². The van der Waals surface area contributed by atoms with Crippen LogP contribution in [0.4, 0.5) is 0 Å². The molecule has 12 heavy (non-hydrogen) atoms. The van der Waals surface area contributed by atoms with Crippen molar-refractivity contribution in [3.63, 3.8) is 0 Å². The normalized spacial score (nSPS) is 14.9. The second kappa shape index (κ2) is 4.36. The Bertz CT molecular complexity index is 151. The average molecular weight is 186 g/mol. The summed E-state index contributed by atoms with van der Waals surface area (Å²) in [5.41, 5.74) is 0.198. The first kappa shape index (κ1) is 12.1. The molecule has 0 N–H and O–H groups in total. The van der Waals surface area contributed by atoms with Crippen molar-refractivity contribution < 1.29 is 0 Å². The third-order valence-electron chi connectivity index (χ3n) is 2.01. The summed E-state index contributed by atoms with van der Waals surface area (Å²) in [5, 5.41) is 0. The molecule has 0 spiro atoms. The first-order chi connectivity index (χ1) is 5.25. The van der Waals surface area contributed by atoms with Gasteiger partial charge in [0.05, 0.1) is 0 Å². The van der Waals surface area contributed by atoms with E-state index >= 15 is 0 Å². The van der Waals surface area contributed by atoms with Gasteiger partial charge in [-0.25, -0.2) is 0 Å². The van der Waals surface area contributed by atoms with E-state index in [9.17, 15) is 0 Å². The molecule has 1 heteroatoms. The molecule has 1 atom stereocenters. The van der Waals surface area contributed by atoms with Crippen molar-refractivity contribution in [2.24, 2.45) is 17.3 Å². The van der Waals surface area contributed by atoms with Crippen molar-refractivity contribution in [1.29, 1.82) is 0 Å². The third-order valence-corrected chi connectivity index (χ3v) is 3.03. The lowest BCUT2D eigenvalue weighted by Crippen LogP contribution is -2.25. The molecule has 0 aliphatic heterocycles. The number of hydrogen-bond donors (Lipinski definition) is 0. The van der Waals surface area contributed by atoms with Gasteiger partial charge in [0, 0.05) is 4.86 Å². The molecule has 0 bridgehead atoms. The van der Waals surface area contributed by atoms with Gasteiger partial charge in [-0.1, -0.05) is 53.8 Å². The molecule has 0 fully saturated rings. The Morgan fingerprint density at radius 2 is 1.58 bits per heavy atom. The summed E-state index contributed by atoms with van der Waals surface area (Å²) in [6, 6.07) is 0. The molecule has 0 heterocycles. The van der Waals surface area contributed by atoms with E-state index in [4.69, 9.17) is 12.2 Å². The minimum Gasteiger partial charge on any atom is -0.0888 e. The molecule has 0 saturated heterocycles. The Hall–Kier alpha value is 0.0900. The standard InChI is InChI=1S/C11H22S/c1-8(2)7-9(3)10(12)11(4,5)6/h8-9H,7H2,1-6H3/t9-/m0/s1. The van der Waals surface area contributed by atoms with Gasteiger partial charge in [-0.3, -0.25) is 0 Å². The highest BCUT2D eigenvalue weighted by atomic mass is 32.1. The first-order valence-electron chi connectivity index (χ1n) is 4.79. The van der Waals surface area contributed by atoms with Crippen LogP contribution in [0.5, 0.6) is 0 Å². The highest BCUT2D eigenvalue weighted by molar-refractivity contribution is 7.80. The summed E-state index contributed by atoms with van der Waals surface area (Å²) in [6.45, 7) is 13.3. The Kier molecular flexibility index (Phi) is 4.39. The van der Waals surface area contributed by atoms with Crippen molar-refractivity contribution in [3.8, 4) is 0 Å². The van der Waals surface area contributed by atoms with E-state index in [2.05, 4.69) is 41.5 Å². The van der Waals surface area contributed by atoms with E-state index in [0.717, 1.165) is 5.92 Å². The molecule has 0 aromatic heterocycles. The minimum absolute atomic E-state index is 0.198. The quantitative estimate of drug-likeness (QED) is 0.598. The predicted molar refractivity (Wildman–Crippen MR) is 60.7 cm³/mol. The molecular weight excluding hydrogens is 164 g/mol. The van der Waals surface area contributed by atoms with Crippen molar-refractivity contribution in [2.75, 3.05) is 0 Å². The van der Waals surface area contributed by atoms with Crippen molar-refractivity contribution >= 4 is 17.1 Å². The van der Waals surface area contributed by atoms with Crippen LogP contribution in [0.2, 0.25) is 0 Å². The van der Waals surface area contributed by atoms with Crippen molar-refractivity contribution in [3.05, 3.63) is 0 Å². The topological polar surface area (TPSA) is 0 Å². The van der Waals surface area contributed by atoms with Crippen LogP contribution in [0.15, 0.2) is 0 Å². The van der Waals surface area contributed by atoms with E-state index in [-0.39, 0.29) is 5.41 Å². The molecule has 0 aliphatic rings. The van der Waals surface area contributed by atoms with Gasteiger partial charge in [-0.15, -0.1) is 0 Å². The summed E-state index contributed by atoms with van der Waals surface area (Å²) < 4.78 is 0. The van der Waals surface area contributed by atoms with Crippen LogP contribution in [0.3, 0.4) is 0 Å². The highest BCUT2D eigenvalue weighted by Crippen LogP contribution is 2.25. The van der Waals surface area contributed by atoms with Crippen molar-refractivity contribution in [2.45, 2.75) is 48.0 Å². The molecule has 0 nitrogen and oxygen atoms in total. The van der Waals surface area contributed by atoms with Gasteiger partial charge in [0.15, 0.2) is 0 Å². The first-order valence-corrected chi connectivity index (χ1v) is 5.20. The highest BCUT2D eigenvalue weighted by Gasteiger charge is 2.22. The summed E-state index contributed by atoms with van der Waals surface area (Å²) in [4.78, 5) is 1.22. The van der Waals surface area contributed by atoms with Gasteiger partial charge in [0.25, 0.3) is 0 Å². The van der Waals surface area contributed by atoms with Crippen LogP contribution in [0.25, 0.3) is 0 Å². The summed E-state index contributed by atoms with van der Waals surface area (Å²) in [7, 11) is 0. The predicted octanol–water partition coefficient (Wildman–Crippen LogP) is 4.08. The molecule has 0 unspecified atom stereocenters. The van der Waals surface area contributed by atoms with Crippen LogP contribution >= 0.6 is 12.2 Å². The minimum atomic E-state index is 0.198. The van der Waals surface area contributed by atoms with E-state index in [0.29, 0.717) is 5.92 Å². The molecule has 0 rings (SSSR count). The molecule has 0 saturated carbocycles. The lowest BCUT2D eigenvalue weighted by Gasteiger charge is -2.26. The summed E-state index contributed by atoms with van der Waals surface area (Å²) in [6.07, 6.45) is 1.22. The Balaban J connectivity index is 4.12. The third kappa shape index (κ3) is 4.20. The molecular formula is C11H22S. The largest absolute Gasteiger partial charge is 0.0888 e. The van der Waals surface area contributed by atoms with E-state index in [1.807, 2.05) is 0 Å². The molecule has 0 aliphatic carbocycles. The van der Waals surface area contributed by atoms with Crippen LogP contribution in [-0.4, -0.2) is 4.86 Å². The number of hydrogen-bond acceptors (Lipinski definition) is 1. The lowest BCUT2D eigenvalue weighted by atomic mass is 9.82. The fourth-order valence-electron chi connectivity index (χ4n) is 1.55. The molecule has 72 valence electrons. The smallest absolute Gasteiger partial charge is 0.00102 e. The van der Waals surface area contributed by atoms with Gasteiger partial charge in [0.1, 0.15) is 0 Å². The number of rotatable bonds is 3. The zero-order chi connectivity index (χ0) is 9.94. The van der Waals surface area contributed by atoms with Gasteiger partial charge >= 0.3 is 0 Å². The fraction of sp³-hybridized carbons (Fsp3) is 0.909. The zero-order valence-electron chi connectivity index (χ0n) is 9.27. The Morgan fingerprint density at radius 3 is 1.83 bits per heavy atom. The maximum atomic E-state index is 5.43. The maximum absolute atomic E-state index is 5.43. The van der Waals surface area contributed by atoms with Crippen LogP contribution in [0, 0.1) is 17.3 Å². The van der Waals surface area contributed by atoms with Gasteiger partial charge in [0.2, 0.25) is 0 Å². The Labute approximate surface area is 82.7 Å². The summed E-state index contributed by atoms with van der Waals surface area (Å²) >= 11 is 5.43. The monoisotopic (exact) mass is 186 g/mol. The van der Waals surface area contributed by atoms with Gasteiger partial charge < -0.3 is 0 Å². The molecule has 0 amide bonds. The molecule has 0 radical (unpaired) electrons. The van der Waals surface area contributed by atoms with Gasteiger partial charge in [-0.2, -0.15) is 0 Å². The Morgan fingerprint density at radius 1 is 1.17 bits per heavy atom. The van der Waals surface area contributed by atoms with Crippen LogP contribution in [0.1, 0.15) is 48.0 Å². The van der Waals surface area contributed by atoms with E-state index < -0.39 is 0 Å². The molecule has 0 aromatic rings. The summed E-state index contributed by atoms with van der Waals surface area (Å²) in [5.74, 6) is 1.33. The maximum Gasteiger partial charge on any atom is 0.00102 e. The lowest BCUT2D eigenvalue weighted by molar-refractivity contribution is 0.484. The van der Waals surface area contributed by atoms with Gasteiger partial charge in [-0.05, 0) is 23.7 Å². The zero-order valence-corrected chi connectivity index (χ0v) is 10.1. The second-order valence-electron chi connectivity index (χ2n) is 5.14. The van der Waals surface area contributed by atoms with Crippen LogP contribution in [-0.2, 0) is 0 Å². The van der Waals surface area contributed by atoms with Crippen LogP contribution < -0.4 is 0 Å². The van der Waals surface area contributed by atoms with E-state index in [1.165, 1.54) is 11.3 Å². The fourth-order valence-corrected chi connectivity index (χ4v) is 1.65.